The molecular weight excluding hydrogens is 310 g/mol. The van der Waals surface area contributed by atoms with E-state index in [0.717, 1.165) is 37.2 Å². The van der Waals surface area contributed by atoms with Crippen molar-refractivity contribution in [1.82, 2.24) is 15.2 Å². The maximum absolute atomic E-state index is 12.2. The molecule has 1 amide bonds. The molecule has 1 aromatic heterocycles. The molecule has 25 heavy (non-hydrogen) atoms. The van der Waals surface area contributed by atoms with Crippen LogP contribution in [0.3, 0.4) is 0 Å². The molecule has 1 fully saturated rings. The van der Waals surface area contributed by atoms with Gasteiger partial charge in [0.25, 0.3) is 5.91 Å². The zero-order valence-electron chi connectivity index (χ0n) is 15.0. The number of aromatic nitrogens is 1. The quantitative estimate of drug-likeness (QED) is 0.784. The van der Waals surface area contributed by atoms with Crippen molar-refractivity contribution in [2.45, 2.75) is 32.6 Å². The number of nitrogens with zero attached hydrogens (tertiary/aromatic N) is 2. The highest BCUT2D eigenvalue weighted by atomic mass is 16.1. The summed E-state index contributed by atoms with van der Waals surface area (Å²) in [6.45, 7) is 6.45. The summed E-state index contributed by atoms with van der Waals surface area (Å²) >= 11 is 0. The number of amides is 1. The Balaban J connectivity index is 1.44. The second-order valence-electron chi connectivity index (χ2n) is 6.81. The fourth-order valence-electron chi connectivity index (χ4n) is 3.26. The van der Waals surface area contributed by atoms with E-state index in [1.807, 2.05) is 36.5 Å². The molecule has 0 saturated carbocycles. The van der Waals surface area contributed by atoms with Crippen LogP contribution in [0.15, 0.2) is 42.6 Å². The van der Waals surface area contributed by atoms with E-state index in [2.05, 4.69) is 28.2 Å². The molecule has 0 radical (unpaired) electrons. The summed E-state index contributed by atoms with van der Waals surface area (Å²) in [6.07, 6.45) is 6.68. The van der Waals surface area contributed by atoms with Crippen LogP contribution < -0.4 is 5.32 Å². The van der Waals surface area contributed by atoms with Crippen LogP contribution in [0, 0.1) is 6.92 Å². The van der Waals surface area contributed by atoms with Crippen molar-refractivity contribution in [2.24, 2.45) is 0 Å². The number of hydrogen-bond acceptors (Lipinski definition) is 3. The van der Waals surface area contributed by atoms with E-state index in [4.69, 9.17) is 0 Å². The second-order valence-corrected chi connectivity index (χ2v) is 6.81. The van der Waals surface area contributed by atoms with Gasteiger partial charge in [-0.2, -0.15) is 0 Å². The predicted molar refractivity (Wildman–Crippen MR) is 102 cm³/mol. The molecule has 0 bridgehead atoms. The topological polar surface area (TPSA) is 45.2 Å². The van der Waals surface area contributed by atoms with Crippen molar-refractivity contribution in [3.05, 3.63) is 53.7 Å². The molecule has 2 aromatic rings. The lowest BCUT2D eigenvalue weighted by molar-refractivity contribution is 0.0952. The molecule has 3 rings (SSSR count). The molecule has 0 spiro atoms. The lowest BCUT2D eigenvalue weighted by atomic mass is 10.1. The third-order valence-electron chi connectivity index (χ3n) is 4.74. The van der Waals surface area contributed by atoms with Crippen molar-refractivity contribution >= 4 is 5.91 Å². The van der Waals surface area contributed by atoms with Crippen LogP contribution in [0.5, 0.6) is 0 Å². The molecule has 132 valence electrons. The Morgan fingerprint density at radius 2 is 1.88 bits per heavy atom. The van der Waals surface area contributed by atoms with Gasteiger partial charge >= 0.3 is 0 Å². The Hall–Kier alpha value is -2.20. The lowest BCUT2D eigenvalue weighted by Gasteiger charge is -2.14. The number of aryl methyl sites for hydroxylation is 1. The maximum Gasteiger partial charge on any atom is 0.251 e. The molecule has 2 heterocycles. The van der Waals surface area contributed by atoms with Crippen molar-refractivity contribution in [2.75, 3.05) is 26.2 Å². The third kappa shape index (κ3) is 5.13. The van der Waals surface area contributed by atoms with Gasteiger partial charge in [0.05, 0.1) is 5.69 Å². The summed E-state index contributed by atoms with van der Waals surface area (Å²) in [5.74, 6) is 0.00456. The SMILES string of the molecule is Cc1ccnc(-c2ccc(C(=O)NCCCCN3CCCC3)cc2)c1. The molecule has 1 aromatic carbocycles. The van der Waals surface area contributed by atoms with Crippen molar-refractivity contribution in [1.29, 1.82) is 0 Å². The van der Waals surface area contributed by atoms with Crippen LogP contribution in [0.4, 0.5) is 0 Å². The Morgan fingerprint density at radius 1 is 1.12 bits per heavy atom. The first-order chi connectivity index (χ1) is 12.2. The third-order valence-corrected chi connectivity index (χ3v) is 4.74. The number of nitrogens with one attached hydrogen (secondary N) is 1. The van der Waals surface area contributed by atoms with Gasteiger partial charge in [-0.05, 0) is 82.1 Å². The highest BCUT2D eigenvalue weighted by molar-refractivity contribution is 5.94. The van der Waals surface area contributed by atoms with Gasteiger partial charge in [0.15, 0.2) is 0 Å². The van der Waals surface area contributed by atoms with Crippen LogP contribution >= 0.6 is 0 Å². The molecule has 4 nitrogen and oxygen atoms in total. The molecular formula is C21H27N3O. The van der Waals surface area contributed by atoms with E-state index in [1.54, 1.807) is 0 Å². The number of unbranched alkanes of at least 4 members (excludes halogenated alkanes) is 1. The zero-order valence-corrected chi connectivity index (χ0v) is 15.0. The van der Waals surface area contributed by atoms with E-state index in [-0.39, 0.29) is 5.91 Å². The maximum atomic E-state index is 12.2. The normalized spacial score (nSPS) is 14.6. The Morgan fingerprint density at radius 3 is 2.60 bits per heavy atom. The van der Waals surface area contributed by atoms with Crippen LogP contribution in [0.2, 0.25) is 0 Å². The van der Waals surface area contributed by atoms with Crippen molar-refractivity contribution in [3.63, 3.8) is 0 Å². The Labute approximate surface area is 150 Å². The molecule has 0 aliphatic carbocycles. The highest BCUT2D eigenvalue weighted by Crippen LogP contribution is 2.18. The first-order valence-electron chi connectivity index (χ1n) is 9.26. The number of carbonyl (C=O) groups is 1. The Bertz CT molecular complexity index is 691. The first kappa shape index (κ1) is 17.6. The van der Waals surface area contributed by atoms with Crippen LogP contribution in [-0.4, -0.2) is 42.0 Å². The largest absolute Gasteiger partial charge is 0.352 e. The molecule has 0 unspecified atom stereocenters. The number of pyridine rings is 1. The number of likely N-dealkylation sites (tertiary alicyclic amines) is 1. The number of carbonyl (C=O) groups excluding carboxylic acids is 1. The second kappa shape index (κ2) is 8.77. The summed E-state index contributed by atoms with van der Waals surface area (Å²) < 4.78 is 0. The van der Waals surface area contributed by atoms with Gasteiger partial charge in [-0.3, -0.25) is 9.78 Å². The average molecular weight is 337 g/mol. The zero-order chi connectivity index (χ0) is 17.5. The lowest BCUT2D eigenvalue weighted by Crippen LogP contribution is -2.26. The van der Waals surface area contributed by atoms with Crippen molar-refractivity contribution in [3.8, 4) is 11.3 Å². The summed E-state index contributed by atoms with van der Waals surface area (Å²) in [5, 5.41) is 3.02. The highest BCUT2D eigenvalue weighted by Gasteiger charge is 2.10. The fraction of sp³-hybridized carbons (Fsp3) is 0.429. The summed E-state index contributed by atoms with van der Waals surface area (Å²) in [4.78, 5) is 19.1. The summed E-state index contributed by atoms with van der Waals surface area (Å²) in [5.41, 5.74) is 3.86. The molecule has 1 saturated heterocycles. The smallest absolute Gasteiger partial charge is 0.251 e. The van der Waals surface area contributed by atoms with E-state index in [1.165, 1.54) is 31.5 Å². The van der Waals surface area contributed by atoms with Gasteiger partial charge in [0.2, 0.25) is 0 Å². The molecule has 1 aliphatic heterocycles. The number of hydrogen-bond donors (Lipinski definition) is 1. The summed E-state index contributed by atoms with van der Waals surface area (Å²) in [6, 6.07) is 11.7. The number of rotatable bonds is 7. The molecule has 0 atom stereocenters. The van der Waals surface area contributed by atoms with Gasteiger partial charge in [0, 0.05) is 23.9 Å². The monoisotopic (exact) mass is 337 g/mol. The van der Waals surface area contributed by atoms with Crippen molar-refractivity contribution < 1.29 is 4.79 Å². The van der Waals surface area contributed by atoms with Gasteiger partial charge in [0.1, 0.15) is 0 Å². The minimum absolute atomic E-state index is 0.00456. The van der Waals surface area contributed by atoms with Gasteiger partial charge in [-0.25, -0.2) is 0 Å². The summed E-state index contributed by atoms with van der Waals surface area (Å²) in [7, 11) is 0. The minimum Gasteiger partial charge on any atom is -0.352 e. The van der Waals surface area contributed by atoms with Gasteiger partial charge < -0.3 is 10.2 Å². The molecule has 1 aliphatic rings. The average Bonchev–Trinajstić information content (AvgIpc) is 3.15. The predicted octanol–water partition coefficient (Wildman–Crippen LogP) is 3.66. The minimum atomic E-state index is 0.00456. The standard InChI is InChI=1S/C21H27N3O/c1-17-10-12-22-20(16-17)18-6-8-19(9-7-18)21(25)23-11-2-3-13-24-14-4-5-15-24/h6-10,12,16H,2-5,11,13-15H2,1H3,(H,23,25). The molecule has 4 heteroatoms. The van der Waals surface area contributed by atoms with Crippen LogP contribution in [0.1, 0.15) is 41.6 Å². The first-order valence-corrected chi connectivity index (χ1v) is 9.26. The van der Waals surface area contributed by atoms with E-state index in [9.17, 15) is 4.79 Å². The van der Waals surface area contributed by atoms with E-state index >= 15 is 0 Å². The van der Waals surface area contributed by atoms with E-state index in [0.29, 0.717) is 5.56 Å². The van der Waals surface area contributed by atoms with Crippen LogP contribution in [0.25, 0.3) is 11.3 Å². The van der Waals surface area contributed by atoms with E-state index < -0.39 is 0 Å². The van der Waals surface area contributed by atoms with Gasteiger partial charge in [-0.1, -0.05) is 12.1 Å². The molecule has 1 N–H and O–H groups in total. The fourth-order valence-corrected chi connectivity index (χ4v) is 3.26. The Kier molecular flexibility index (Phi) is 6.18. The van der Waals surface area contributed by atoms with Gasteiger partial charge in [-0.15, -0.1) is 0 Å². The van der Waals surface area contributed by atoms with Crippen LogP contribution in [-0.2, 0) is 0 Å². The number of benzene rings is 1.